The number of rotatable bonds is 5. The maximum atomic E-state index is 11.6. The van der Waals surface area contributed by atoms with Crippen LogP contribution in [0.2, 0.25) is 0 Å². The predicted molar refractivity (Wildman–Crippen MR) is 59.2 cm³/mol. The van der Waals surface area contributed by atoms with Gasteiger partial charge in [-0.15, -0.1) is 0 Å². The van der Waals surface area contributed by atoms with Crippen LogP contribution in [0, 0.1) is 0 Å². The maximum absolute atomic E-state index is 11.6. The zero-order valence-electron chi connectivity index (χ0n) is 9.56. The number of carbonyl (C=O) groups is 1. The first-order valence-corrected chi connectivity index (χ1v) is 5.19. The predicted octanol–water partition coefficient (Wildman–Crippen LogP) is -0.0924. The molecule has 0 spiro atoms. The third-order valence-corrected chi connectivity index (χ3v) is 2.33. The van der Waals surface area contributed by atoms with Gasteiger partial charge in [-0.1, -0.05) is 6.92 Å². The molecule has 2 atom stereocenters. The smallest absolute Gasteiger partial charge is 0.325 e. The number of aromatic nitrogens is 2. The molecule has 1 rings (SSSR count). The lowest BCUT2D eigenvalue weighted by molar-refractivity contribution is -0.159. The van der Waals surface area contributed by atoms with Crippen LogP contribution >= 0.6 is 0 Å². The highest BCUT2D eigenvalue weighted by Crippen LogP contribution is 2.09. The minimum Gasteiger partial charge on any atom is -0.443 e. The highest BCUT2D eigenvalue weighted by Gasteiger charge is 2.25. The summed E-state index contributed by atoms with van der Waals surface area (Å²) in [6, 6.07) is -0.727. The largest absolute Gasteiger partial charge is 0.443 e. The van der Waals surface area contributed by atoms with Crippen molar-refractivity contribution in [2.45, 2.75) is 38.5 Å². The van der Waals surface area contributed by atoms with E-state index < -0.39 is 17.7 Å². The Hall–Kier alpha value is -1.40. The summed E-state index contributed by atoms with van der Waals surface area (Å²) >= 11 is 0. The van der Waals surface area contributed by atoms with Gasteiger partial charge in [-0.05, 0) is 13.3 Å². The van der Waals surface area contributed by atoms with Crippen molar-refractivity contribution in [1.29, 1.82) is 0 Å². The molecule has 0 amide bonds. The maximum Gasteiger partial charge on any atom is 0.325 e. The van der Waals surface area contributed by atoms with Crippen LogP contribution in [-0.2, 0) is 16.0 Å². The van der Waals surface area contributed by atoms with Gasteiger partial charge in [-0.25, -0.2) is 4.98 Å². The van der Waals surface area contributed by atoms with Gasteiger partial charge in [0.1, 0.15) is 6.04 Å². The molecule has 0 saturated carbocycles. The molecular weight excluding hydrogens is 208 g/mol. The van der Waals surface area contributed by atoms with E-state index in [2.05, 4.69) is 9.97 Å². The van der Waals surface area contributed by atoms with E-state index in [0.717, 1.165) is 5.69 Å². The van der Waals surface area contributed by atoms with Gasteiger partial charge in [0.05, 0.1) is 6.33 Å². The van der Waals surface area contributed by atoms with Crippen molar-refractivity contribution in [2.75, 3.05) is 0 Å². The van der Waals surface area contributed by atoms with Crippen molar-refractivity contribution >= 4 is 5.97 Å². The molecule has 0 radical (unpaired) electrons. The standard InChI is InChI=1S/C10H18N4O2/c1-3-10(2,12)16-9(15)8(11)4-7-5-13-6-14-7/h5-6,8H,3-4,11-12H2,1-2H3,(H,13,14)/t8-,10?/m0/s1. The topological polar surface area (TPSA) is 107 Å². The number of hydrogen-bond donors (Lipinski definition) is 3. The first-order valence-electron chi connectivity index (χ1n) is 5.19. The Morgan fingerprint density at radius 2 is 2.44 bits per heavy atom. The monoisotopic (exact) mass is 226 g/mol. The number of esters is 1. The molecule has 0 aliphatic heterocycles. The fourth-order valence-corrected chi connectivity index (χ4v) is 1.09. The molecule has 0 aromatic carbocycles. The van der Waals surface area contributed by atoms with Gasteiger partial charge in [0.15, 0.2) is 5.72 Å². The molecule has 0 aliphatic rings. The van der Waals surface area contributed by atoms with Crippen molar-refractivity contribution < 1.29 is 9.53 Å². The minimum atomic E-state index is -0.956. The average molecular weight is 226 g/mol. The fraction of sp³-hybridized carbons (Fsp3) is 0.600. The second-order valence-electron chi connectivity index (χ2n) is 3.97. The Labute approximate surface area is 94.4 Å². The molecule has 0 aliphatic carbocycles. The summed E-state index contributed by atoms with van der Waals surface area (Å²) in [4.78, 5) is 18.3. The van der Waals surface area contributed by atoms with E-state index in [9.17, 15) is 4.79 Å². The van der Waals surface area contributed by atoms with Gasteiger partial charge in [0.25, 0.3) is 0 Å². The summed E-state index contributed by atoms with van der Waals surface area (Å²) in [5.74, 6) is -0.499. The average Bonchev–Trinajstić information content (AvgIpc) is 2.69. The first kappa shape index (κ1) is 12.7. The van der Waals surface area contributed by atoms with Crippen LogP contribution in [-0.4, -0.2) is 27.7 Å². The SMILES string of the molecule is CCC(C)(N)OC(=O)[C@@H](N)Cc1cnc[nH]1. The van der Waals surface area contributed by atoms with Gasteiger partial charge < -0.3 is 15.5 Å². The van der Waals surface area contributed by atoms with Crippen LogP contribution in [0.3, 0.4) is 0 Å². The summed E-state index contributed by atoms with van der Waals surface area (Å²) < 4.78 is 5.08. The van der Waals surface area contributed by atoms with Crippen LogP contribution in [0.15, 0.2) is 12.5 Å². The lowest BCUT2D eigenvalue weighted by Gasteiger charge is -2.24. The molecule has 0 bridgehead atoms. The van der Waals surface area contributed by atoms with Gasteiger partial charge in [-0.3, -0.25) is 10.5 Å². The highest BCUT2D eigenvalue weighted by molar-refractivity contribution is 5.76. The summed E-state index contributed by atoms with van der Waals surface area (Å²) in [6.07, 6.45) is 4.05. The summed E-state index contributed by atoms with van der Waals surface area (Å²) in [7, 11) is 0. The highest BCUT2D eigenvalue weighted by atomic mass is 16.6. The third-order valence-electron chi connectivity index (χ3n) is 2.33. The molecule has 1 heterocycles. The van der Waals surface area contributed by atoms with Crippen LogP contribution in [0.1, 0.15) is 26.0 Å². The molecule has 1 aromatic rings. The van der Waals surface area contributed by atoms with Crippen molar-refractivity contribution in [3.05, 3.63) is 18.2 Å². The number of imidazole rings is 1. The Morgan fingerprint density at radius 1 is 1.75 bits per heavy atom. The van der Waals surface area contributed by atoms with Gasteiger partial charge in [0.2, 0.25) is 0 Å². The van der Waals surface area contributed by atoms with E-state index in [0.29, 0.717) is 12.8 Å². The van der Waals surface area contributed by atoms with Gasteiger partial charge in [0, 0.05) is 18.3 Å². The lowest BCUT2D eigenvalue weighted by Crippen LogP contribution is -2.46. The van der Waals surface area contributed by atoms with Gasteiger partial charge in [-0.2, -0.15) is 0 Å². The molecule has 0 fully saturated rings. The minimum absolute atomic E-state index is 0.360. The molecule has 5 N–H and O–H groups in total. The van der Waals surface area contributed by atoms with Gasteiger partial charge >= 0.3 is 5.97 Å². The van der Waals surface area contributed by atoms with Crippen LogP contribution in [0.4, 0.5) is 0 Å². The second kappa shape index (κ2) is 5.09. The van der Waals surface area contributed by atoms with E-state index >= 15 is 0 Å². The molecule has 1 unspecified atom stereocenters. The summed E-state index contributed by atoms with van der Waals surface area (Å²) in [5.41, 5.74) is 11.2. The Kier molecular flexibility index (Phi) is 4.03. The van der Waals surface area contributed by atoms with E-state index in [1.54, 1.807) is 13.1 Å². The Morgan fingerprint density at radius 3 is 2.94 bits per heavy atom. The van der Waals surface area contributed by atoms with E-state index in [4.69, 9.17) is 16.2 Å². The molecule has 6 nitrogen and oxygen atoms in total. The molecule has 1 aromatic heterocycles. The number of ether oxygens (including phenoxy) is 1. The van der Waals surface area contributed by atoms with Crippen molar-refractivity contribution in [3.63, 3.8) is 0 Å². The zero-order chi connectivity index (χ0) is 12.2. The summed E-state index contributed by atoms with van der Waals surface area (Å²) in [6.45, 7) is 3.49. The second-order valence-corrected chi connectivity index (χ2v) is 3.97. The fourth-order valence-electron chi connectivity index (χ4n) is 1.09. The number of carbonyl (C=O) groups excluding carboxylic acids is 1. The number of nitrogens with two attached hydrogens (primary N) is 2. The van der Waals surface area contributed by atoms with Crippen molar-refractivity contribution in [2.24, 2.45) is 11.5 Å². The van der Waals surface area contributed by atoms with Crippen LogP contribution in [0.25, 0.3) is 0 Å². The van der Waals surface area contributed by atoms with E-state index in [1.165, 1.54) is 6.33 Å². The van der Waals surface area contributed by atoms with Crippen LogP contribution in [0.5, 0.6) is 0 Å². The number of aromatic amines is 1. The summed E-state index contributed by atoms with van der Waals surface area (Å²) in [5, 5.41) is 0. The van der Waals surface area contributed by atoms with E-state index in [1.807, 2.05) is 6.92 Å². The number of H-pyrrole nitrogens is 1. The number of hydrogen-bond acceptors (Lipinski definition) is 5. The lowest BCUT2D eigenvalue weighted by atomic mass is 10.1. The molecule has 90 valence electrons. The Balaban J connectivity index is 2.48. The normalized spacial score (nSPS) is 16.5. The molecular formula is C10H18N4O2. The Bertz CT molecular complexity index is 335. The molecule has 16 heavy (non-hydrogen) atoms. The van der Waals surface area contributed by atoms with Crippen molar-refractivity contribution in [3.8, 4) is 0 Å². The number of nitrogens with one attached hydrogen (secondary N) is 1. The zero-order valence-corrected chi connectivity index (χ0v) is 9.56. The van der Waals surface area contributed by atoms with E-state index in [-0.39, 0.29) is 0 Å². The first-order chi connectivity index (χ1) is 7.44. The quantitative estimate of drug-likeness (QED) is 0.480. The molecule has 6 heteroatoms. The van der Waals surface area contributed by atoms with Crippen molar-refractivity contribution in [1.82, 2.24) is 9.97 Å². The van der Waals surface area contributed by atoms with Crippen LogP contribution < -0.4 is 11.5 Å². The third kappa shape index (κ3) is 3.63. The molecule has 0 saturated heterocycles. The number of nitrogens with zero attached hydrogens (tertiary/aromatic N) is 1.